The quantitative estimate of drug-likeness (QED) is 0.730. The van der Waals surface area contributed by atoms with Crippen LogP contribution in [0, 0.1) is 11.8 Å². The van der Waals surface area contributed by atoms with E-state index in [1.54, 1.807) is 6.20 Å². The van der Waals surface area contributed by atoms with Crippen LogP contribution in [0.3, 0.4) is 0 Å². The molecule has 5 atom stereocenters. The summed E-state index contributed by atoms with van der Waals surface area (Å²) in [6.45, 7) is 2.17. The lowest BCUT2D eigenvalue weighted by atomic mass is 9.67. The minimum atomic E-state index is -4.41. The minimum absolute atomic E-state index is 0.0120. The minimum Gasteiger partial charge on any atom is -0.380 e. The summed E-state index contributed by atoms with van der Waals surface area (Å²) < 4.78 is 45.9. The summed E-state index contributed by atoms with van der Waals surface area (Å²) in [6, 6.07) is 3.42. The van der Waals surface area contributed by atoms with Gasteiger partial charge in [0.05, 0.1) is 12.5 Å². The van der Waals surface area contributed by atoms with Crippen LogP contribution in [0.1, 0.15) is 37.2 Å². The van der Waals surface area contributed by atoms with Crippen LogP contribution in [0.15, 0.2) is 18.3 Å². The Morgan fingerprint density at radius 3 is 2.94 bits per heavy atom. The van der Waals surface area contributed by atoms with Gasteiger partial charge in [-0.15, -0.1) is 0 Å². The third-order valence-electron chi connectivity index (χ3n) is 7.48. The number of carbonyl (C=O) groups excluding carboxylic acids is 1. The van der Waals surface area contributed by atoms with E-state index in [9.17, 15) is 18.0 Å². The van der Waals surface area contributed by atoms with E-state index in [1.165, 1.54) is 0 Å². The van der Waals surface area contributed by atoms with Crippen LogP contribution in [0.25, 0.3) is 0 Å². The lowest BCUT2D eigenvalue weighted by Gasteiger charge is -2.50. The lowest BCUT2D eigenvalue weighted by Crippen LogP contribution is -2.63. The Morgan fingerprint density at radius 2 is 2.09 bits per heavy atom. The van der Waals surface area contributed by atoms with E-state index >= 15 is 0 Å². The van der Waals surface area contributed by atoms with Crippen LogP contribution in [0.5, 0.6) is 0 Å². The summed E-state index contributed by atoms with van der Waals surface area (Å²) in [4.78, 5) is 21.1. The fourth-order valence-electron chi connectivity index (χ4n) is 6.11. The Bertz CT molecular complexity index is 830. The number of hydrogen-bond acceptors (Lipinski definition) is 6. The molecule has 5 unspecified atom stereocenters. The lowest BCUT2D eigenvalue weighted by molar-refractivity contribution is -0.178. The number of hydrogen-bond donors (Lipinski definition) is 2. The molecule has 176 valence electrons. The van der Waals surface area contributed by atoms with Gasteiger partial charge in [0.1, 0.15) is 12.4 Å². The number of amides is 1. The van der Waals surface area contributed by atoms with Crippen LogP contribution in [-0.4, -0.2) is 73.4 Å². The number of hydrazine groups is 1. The topological polar surface area (TPSA) is 69.7 Å². The average molecular weight is 454 g/mol. The Labute approximate surface area is 185 Å². The maximum Gasteiger partial charge on any atom is 0.406 e. The van der Waals surface area contributed by atoms with Gasteiger partial charge in [-0.2, -0.15) is 13.2 Å². The second kappa shape index (κ2) is 8.79. The molecule has 1 aromatic rings. The molecule has 1 aliphatic carbocycles. The number of aromatic nitrogens is 1. The normalized spacial score (nSPS) is 33.6. The molecule has 1 aromatic heterocycles. The van der Waals surface area contributed by atoms with Gasteiger partial charge in [-0.1, -0.05) is 6.07 Å². The van der Waals surface area contributed by atoms with Gasteiger partial charge in [-0.25, -0.2) is 4.98 Å². The molecule has 32 heavy (non-hydrogen) atoms. The van der Waals surface area contributed by atoms with Crippen molar-refractivity contribution in [2.75, 3.05) is 44.3 Å². The number of piperidine rings is 1. The SMILES string of the molecule is O=C1C2CNNC2C2CCC(c3cccnc3N3CCCOCC3)CC2N1CC(F)(F)F. The third kappa shape index (κ3) is 4.20. The van der Waals surface area contributed by atoms with Crippen molar-refractivity contribution in [2.45, 2.75) is 49.9 Å². The number of ether oxygens (including phenoxy) is 1. The maximum absolute atomic E-state index is 13.4. The van der Waals surface area contributed by atoms with Crippen molar-refractivity contribution in [1.82, 2.24) is 20.7 Å². The second-order valence-electron chi connectivity index (χ2n) is 9.35. The highest BCUT2D eigenvalue weighted by Gasteiger charge is 2.54. The summed E-state index contributed by atoms with van der Waals surface area (Å²) >= 11 is 0. The Kier molecular flexibility index (Phi) is 6.02. The molecule has 4 aliphatic rings. The molecule has 0 bridgehead atoms. The van der Waals surface area contributed by atoms with E-state index in [0.29, 0.717) is 19.6 Å². The number of nitrogens with zero attached hydrogens (tertiary/aromatic N) is 3. The first kappa shape index (κ1) is 21.9. The number of rotatable bonds is 3. The molecule has 0 spiro atoms. The van der Waals surface area contributed by atoms with Gasteiger partial charge in [-0.05, 0) is 49.1 Å². The molecule has 1 saturated carbocycles. The monoisotopic (exact) mass is 453 g/mol. The van der Waals surface area contributed by atoms with Crippen molar-refractivity contribution >= 4 is 11.7 Å². The van der Waals surface area contributed by atoms with Crippen LogP contribution < -0.4 is 15.8 Å². The zero-order valence-corrected chi connectivity index (χ0v) is 18.0. The first-order chi connectivity index (χ1) is 15.4. The number of halogens is 3. The molecule has 4 fully saturated rings. The zero-order chi connectivity index (χ0) is 22.3. The number of carbonyl (C=O) groups is 1. The van der Waals surface area contributed by atoms with Crippen LogP contribution in [0.2, 0.25) is 0 Å². The largest absolute Gasteiger partial charge is 0.406 e. The van der Waals surface area contributed by atoms with Gasteiger partial charge in [0.25, 0.3) is 0 Å². The van der Waals surface area contributed by atoms with E-state index in [0.717, 1.165) is 55.2 Å². The first-order valence-electron chi connectivity index (χ1n) is 11.6. The summed E-state index contributed by atoms with van der Waals surface area (Å²) in [5, 5.41) is 0. The number of fused-ring (bicyclic) bond motifs is 3. The summed E-state index contributed by atoms with van der Waals surface area (Å²) in [7, 11) is 0. The van der Waals surface area contributed by atoms with Crippen molar-refractivity contribution in [3.8, 4) is 0 Å². The van der Waals surface area contributed by atoms with Crippen LogP contribution in [-0.2, 0) is 9.53 Å². The van der Waals surface area contributed by atoms with Crippen molar-refractivity contribution in [2.24, 2.45) is 11.8 Å². The molecule has 4 heterocycles. The molecule has 0 aromatic carbocycles. The van der Waals surface area contributed by atoms with E-state index in [2.05, 4.69) is 26.8 Å². The number of nitrogens with one attached hydrogen (secondary N) is 2. The smallest absolute Gasteiger partial charge is 0.380 e. The molecule has 7 nitrogen and oxygen atoms in total. The Balaban J connectivity index is 1.43. The predicted octanol–water partition coefficient (Wildman–Crippen LogP) is 2.06. The molecule has 3 aliphatic heterocycles. The van der Waals surface area contributed by atoms with E-state index in [4.69, 9.17) is 4.74 Å². The number of alkyl halides is 3. The Hall–Kier alpha value is -1.91. The molecule has 3 saturated heterocycles. The zero-order valence-electron chi connectivity index (χ0n) is 18.0. The molecule has 2 N–H and O–H groups in total. The van der Waals surface area contributed by atoms with E-state index in [1.807, 2.05) is 6.07 Å². The molecular weight excluding hydrogens is 423 g/mol. The van der Waals surface area contributed by atoms with Gasteiger partial charge in [-0.3, -0.25) is 15.6 Å². The van der Waals surface area contributed by atoms with E-state index in [-0.39, 0.29) is 23.8 Å². The molecular formula is C22H30F3N5O2. The first-order valence-corrected chi connectivity index (χ1v) is 11.6. The van der Waals surface area contributed by atoms with Gasteiger partial charge in [0.2, 0.25) is 5.91 Å². The molecule has 10 heteroatoms. The highest BCUT2D eigenvalue weighted by molar-refractivity contribution is 5.82. The molecule has 0 radical (unpaired) electrons. The fraction of sp³-hybridized carbons (Fsp3) is 0.727. The van der Waals surface area contributed by atoms with Gasteiger partial charge >= 0.3 is 6.18 Å². The van der Waals surface area contributed by atoms with Crippen molar-refractivity contribution in [3.63, 3.8) is 0 Å². The summed E-state index contributed by atoms with van der Waals surface area (Å²) in [5.41, 5.74) is 7.26. The second-order valence-corrected chi connectivity index (χ2v) is 9.35. The highest BCUT2D eigenvalue weighted by atomic mass is 19.4. The average Bonchev–Trinajstić information content (AvgIpc) is 3.11. The number of likely N-dealkylation sites (tertiary alicyclic amines) is 1. The van der Waals surface area contributed by atoms with Crippen LogP contribution in [0.4, 0.5) is 19.0 Å². The van der Waals surface area contributed by atoms with Crippen molar-refractivity contribution < 1.29 is 22.7 Å². The van der Waals surface area contributed by atoms with Crippen LogP contribution >= 0.6 is 0 Å². The number of pyridine rings is 1. The molecule has 1 amide bonds. The number of anilines is 1. The van der Waals surface area contributed by atoms with Gasteiger partial charge in [0, 0.05) is 44.5 Å². The standard InChI is InChI=1S/C22H30F3N5O2/c23-22(24,25)13-30-18-11-14(4-5-16(18)19-17(21(30)31)12-27-28-19)15-3-1-6-26-20(15)29-7-2-9-32-10-8-29/h1,3,6,14,16-19,27-28H,2,4-5,7-13H2. The maximum atomic E-state index is 13.4. The van der Waals surface area contributed by atoms with Gasteiger partial charge in [0.15, 0.2) is 0 Å². The Morgan fingerprint density at radius 1 is 1.22 bits per heavy atom. The molecule has 5 rings (SSSR count). The predicted molar refractivity (Wildman–Crippen MR) is 112 cm³/mol. The fourth-order valence-corrected chi connectivity index (χ4v) is 6.11. The third-order valence-corrected chi connectivity index (χ3v) is 7.48. The van der Waals surface area contributed by atoms with Crippen molar-refractivity contribution in [3.05, 3.63) is 23.9 Å². The van der Waals surface area contributed by atoms with Gasteiger partial charge < -0.3 is 14.5 Å². The highest BCUT2D eigenvalue weighted by Crippen LogP contribution is 2.46. The summed E-state index contributed by atoms with van der Waals surface area (Å²) in [6.07, 6.45) is 0.467. The summed E-state index contributed by atoms with van der Waals surface area (Å²) in [5.74, 6) is 0.171. The van der Waals surface area contributed by atoms with Crippen molar-refractivity contribution in [1.29, 1.82) is 0 Å². The van der Waals surface area contributed by atoms with E-state index < -0.39 is 24.7 Å².